The molecule has 2 rings (SSSR count). The Kier molecular flexibility index (Phi) is 6.52. The van der Waals surface area contributed by atoms with Gasteiger partial charge in [-0.15, -0.1) is 0 Å². The van der Waals surface area contributed by atoms with Gasteiger partial charge in [0.1, 0.15) is 11.6 Å². The van der Waals surface area contributed by atoms with Crippen molar-refractivity contribution in [3.63, 3.8) is 0 Å². The first kappa shape index (κ1) is 18.9. The number of benzene rings is 1. The van der Waals surface area contributed by atoms with Gasteiger partial charge in [0.25, 0.3) is 0 Å². The summed E-state index contributed by atoms with van der Waals surface area (Å²) in [6, 6.07) is 7.27. The molecular weight excluding hydrogens is 318 g/mol. The highest BCUT2D eigenvalue weighted by molar-refractivity contribution is 5.89. The van der Waals surface area contributed by atoms with Crippen molar-refractivity contribution in [3.8, 4) is 0 Å². The van der Waals surface area contributed by atoms with Crippen LogP contribution in [0.4, 0.5) is 10.5 Å². The van der Waals surface area contributed by atoms with E-state index >= 15 is 0 Å². The summed E-state index contributed by atoms with van der Waals surface area (Å²) in [6.45, 7) is 8.68. The fraction of sp³-hybridized carbons (Fsp3) is 0.500. The van der Waals surface area contributed by atoms with E-state index in [4.69, 9.17) is 0 Å². The number of rotatable bonds is 7. The van der Waals surface area contributed by atoms with E-state index < -0.39 is 6.10 Å². The van der Waals surface area contributed by atoms with E-state index in [2.05, 4.69) is 20.7 Å². The maximum atomic E-state index is 12.0. The molecule has 0 aliphatic heterocycles. The molecule has 2 amide bonds. The number of nitrogens with one attached hydrogen (secondary N) is 2. The standard InChI is InChI=1S/C18H27N5O2/c1-12(2)8-17(24)10-19-18(25)21-16-7-5-6-15(9-16)11-23-14(4)20-13(3)22-23/h5-7,9,12,17,24H,8,10-11H2,1-4H3,(H2,19,21,25). The van der Waals surface area contributed by atoms with E-state index in [0.29, 0.717) is 24.6 Å². The number of nitrogens with zero attached hydrogens (tertiary/aromatic N) is 3. The third-order valence-electron chi connectivity index (χ3n) is 3.72. The van der Waals surface area contributed by atoms with Crippen molar-refractivity contribution in [1.29, 1.82) is 0 Å². The summed E-state index contributed by atoms with van der Waals surface area (Å²) in [6.07, 6.45) is 0.127. The number of amides is 2. The summed E-state index contributed by atoms with van der Waals surface area (Å²) in [7, 11) is 0. The molecule has 0 radical (unpaired) electrons. The Hall–Kier alpha value is -2.41. The van der Waals surface area contributed by atoms with E-state index in [1.165, 1.54) is 0 Å². The van der Waals surface area contributed by atoms with E-state index in [1.807, 2.05) is 56.6 Å². The first-order chi connectivity index (χ1) is 11.8. The van der Waals surface area contributed by atoms with Crippen LogP contribution < -0.4 is 10.6 Å². The molecule has 1 atom stereocenters. The first-order valence-corrected chi connectivity index (χ1v) is 8.53. The average molecular weight is 345 g/mol. The Morgan fingerprint density at radius 1 is 1.32 bits per heavy atom. The van der Waals surface area contributed by atoms with Crippen molar-refractivity contribution >= 4 is 11.7 Å². The Labute approximate surface area is 148 Å². The molecule has 0 bridgehead atoms. The molecule has 0 aliphatic carbocycles. The Balaban J connectivity index is 1.90. The summed E-state index contributed by atoms with van der Waals surface area (Å²) in [5.74, 6) is 1.99. The second-order valence-electron chi connectivity index (χ2n) is 6.68. The lowest BCUT2D eigenvalue weighted by Crippen LogP contribution is -2.35. The monoisotopic (exact) mass is 345 g/mol. The Morgan fingerprint density at radius 2 is 2.08 bits per heavy atom. The summed E-state index contributed by atoms with van der Waals surface area (Å²) in [5, 5.41) is 19.6. The number of hydrogen-bond acceptors (Lipinski definition) is 4. The summed E-state index contributed by atoms with van der Waals surface area (Å²) in [5.41, 5.74) is 1.72. The van der Waals surface area contributed by atoms with Gasteiger partial charge in [0.15, 0.2) is 0 Å². The predicted octanol–water partition coefficient (Wildman–Crippen LogP) is 2.47. The first-order valence-electron chi connectivity index (χ1n) is 8.53. The molecule has 7 nitrogen and oxygen atoms in total. The minimum absolute atomic E-state index is 0.237. The molecule has 0 saturated heterocycles. The van der Waals surface area contributed by atoms with Crippen LogP contribution in [0.3, 0.4) is 0 Å². The molecule has 7 heteroatoms. The summed E-state index contributed by atoms with van der Waals surface area (Å²) >= 11 is 0. The minimum Gasteiger partial charge on any atom is -0.391 e. The highest BCUT2D eigenvalue weighted by Gasteiger charge is 2.09. The lowest BCUT2D eigenvalue weighted by atomic mass is 10.1. The Morgan fingerprint density at radius 3 is 2.72 bits per heavy atom. The van der Waals surface area contributed by atoms with Crippen LogP contribution in [0.2, 0.25) is 0 Å². The maximum Gasteiger partial charge on any atom is 0.319 e. The molecule has 0 fully saturated rings. The van der Waals surface area contributed by atoms with Gasteiger partial charge >= 0.3 is 6.03 Å². The third kappa shape index (κ3) is 6.19. The predicted molar refractivity (Wildman–Crippen MR) is 97.5 cm³/mol. The summed E-state index contributed by atoms with van der Waals surface area (Å²) < 4.78 is 1.83. The molecule has 0 spiro atoms. The number of aliphatic hydroxyl groups excluding tert-OH is 1. The molecular formula is C18H27N5O2. The molecule has 1 unspecified atom stereocenters. The van der Waals surface area contributed by atoms with Crippen molar-refractivity contribution in [3.05, 3.63) is 41.5 Å². The number of aryl methyl sites for hydroxylation is 2. The van der Waals surface area contributed by atoms with Crippen LogP contribution in [-0.4, -0.2) is 38.6 Å². The van der Waals surface area contributed by atoms with Gasteiger partial charge < -0.3 is 15.7 Å². The van der Waals surface area contributed by atoms with Crippen LogP contribution >= 0.6 is 0 Å². The smallest absolute Gasteiger partial charge is 0.319 e. The number of aliphatic hydroxyl groups is 1. The number of anilines is 1. The zero-order chi connectivity index (χ0) is 18.4. The lowest BCUT2D eigenvalue weighted by molar-refractivity contribution is 0.148. The number of aromatic nitrogens is 3. The fourth-order valence-electron chi connectivity index (χ4n) is 2.64. The zero-order valence-electron chi connectivity index (χ0n) is 15.3. The molecule has 1 aromatic carbocycles. The van der Waals surface area contributed by atoms with Crippen LogP contribution in [0, 0.1) is 19.8 Å². The van der Waals surface area contributed by atoms with Gasteiger partial charge in [0, 0.05) is 12.2 Å². The number of urea groups is 1. The van der Waals surface area contributed by atoms with Gasteiger partial charge in [-0.1, -0.05) is 26.0 Å². The molecule has 0 saturated carbocycles. The van der Waals surface area contributed by atoms with Gasteiger partial charge in [0.05, 0.1) is 12.6 Å². The molecule has 1 aromatic heterocycles. The second-order valence-corrected chi connectivity index (χ2v) is 6.68. The largest absolute Gasteiger partial charge is 0.391 e. The van der Waals surface area contributed by atoms with Gasteiger partial charge in [0.2, 0.25) is 0 Å². The third-order valence-corrected chi connectivity index (χ3v) is 3.72. The molecule has 0 aliphatic rings. The van der Waals surface area contributed by atoms with E-state index in [9.17, 15) is 9.90 Å². The van der Waals surface area contributed by atoms with Crippen molar-refractivity contribution in [2.75, 3.05) is 11.9 Å². The van der Waals surface area contributed by atoms with Crippen molar-refractivity contribution in [1.82, 2.24) is 20.1 Å². The van der Waals surface area contributed by atoms with Crippen molar-refractivity contribution in [2.24, 2.45) is 5.92 Å². The molecule has 136 valence electrons. The number of carbonyl (C=O) groups excluding carboxylic acids is 1. The summed E-state index contributed by atoms with van der Waals surface area (Å²) in [4.78, 5) is 16.3. The molecule has 3 N–H and O–H groups in total. The number of hydrogen-bond donors (Lipinski definition) is 3. The van der Waals surface area contributed by atoms with Crippen LogP contribution in [0.25, 0.3) is 0 Å². The number of carbonyl (C=O) groups is 1. The molecule has 25 heavy (non-hydrogen) atoms. The maximum absolute atomic E-state index is 12.0. The van der Waals surface area contributed by atoms with Gasteiger partial charge in [-0.25, -0.2) is 14.5 Å². The quantitative estimate of drug-likeness (QED) is 0.719. The van der Waals surface area contributed by atoms with Crippen LogP contribution in [0.15, 0.2) is 24.3 Å². The van der Waals surface area contributed by atoms with Crippen molar-refractivity contribution in [2.45, 2.75) is 46.8 Å². The highest BCUT2D eigenvalue weighted by Crippen LogP contribution is 2.12. The van der Waals surface area contributed by atoms with Gasteiger partial charge in [-0.05, 0) is 43.9 Å². The SMILES string of the molecule is Cc1nc(C)n(Cc2cccc(NC(=O)NCC(O)CC(C)C)c2)n1. The normalized spacial score (nSPS) is 12.2. The fourth-order valence-corrected chi connectivity index (χ4v) is 2.64. The van der Waals surface area contributed by atoms with Crippen LogP contribution in [-0.2, 0) is 6.54 Å². The van der Waals surface area contributed by atoms with Crippen LogP contribution in [0.1, 0.15) is 37.5 Å². The second kappa shape index (κ2) is 8.62. The van der Waals surface area contributed by atoms with Gasteiger partial charge in [-0.3, -0.25) is 0 Å². The average Bonchev–Trinajstić information content (AvgIpc) is 2.82. The molecule has 2 aromatic rings. The zero-order valence-corrected chi connectivity index (χ0v) is 15.3. The molecule has 1 heterocycles. The lowest BCUT2D eigenvalue weighted by Gasteiger charge is -2.14. The van der Waals surface area contributed by atoms with E-state index in [0.717, 1.165) is 17.2 Å². The van der Waals surface area contributed by atoms with E-state index in [1.54, 1.807) is 0 Å². The highest BCUT2D eigenvalue weighted by atomic mass is 16.3. The topological polar surface area (TPSA) is 92.1 Å². The van der Waals surface area contributed by atoms with E-state index in [-0.39, 0.29) is 12.6 Å². The van der Waals surface area contributed by atoms with Crippen LogP contribution in [0.5, 0.6) is 0 Å². The minimum atomic E-state index is -0.532. The Bertz CT molecular complexity index is 711. The van der Waals surface area contributed by atoms with Crippen molar-refractivity contribution < 1.29 is 9.90 Å². The van der Waals surface area contributed by atoms with Gasteiger partial charge in [-0.2, -0.15) is 5.10 Å².